The first-order chi connectivity index (χ1) is 15.5. The number of carbonyl (C=O) groups excluding carboxylic acids is 2. The van der Waals surface area contributed by atoms with Crippen LogP contribution in [0.4, 0.5) is 15.8 Å². The van der Waals surface area contributed by atoms with Crippen molar-refractivity contribution < 1.29 is 23.5 Å². The number of anilines is 2. The van der Waals surface area contributed by atoms with Crippen molar-refractivity contribution in [3.8, 4) is 11.5 Å². The van der Waals surface area contributed by atoms with Gasteiger partial charge in [0.15, 0.2) is 6.10 Å². The SMILES string of the molecule is CC1Oc2ccc(NC(=O)c3ccccc3F)cc2N(CCCOc2ccccc2)C1=O. The molecule has 3 aromatic rings. The Hall–Kier alpha value is -3.87. The summed E-state index contributed by atoms with van der Waals surface area (Å²) in [5, 5.41) is 2.69. The predicted octanol–water partition coefficient (Wildman–Crippen LogP) is 4.66. The fourth-order valence-corrected chi connectivity index (χ4v) is 3.49. The van der Waals surface area contributed by atoms with E-state index in [0.717, 1.165) is 5.75 Å². The number of para-hydroxylation sites is 1. The Morgan fingerprint density at radius 1 is 1.09 bits per heavy atom. The summed E-state index contributed by atoms with van der Waals surface area (Å²) in [4.78, 5) is 26.9. The van der Waals surface area contributed by atoms with E-state index in [2.05, 4.69) is 5.32 Å². The number of carbonyl (C=O) groups is 2. The van der Waals surface area contributed by atoms with E-state index in [1.54, 1.807) is 36.1 Å². The third-order valence-electron chi connectivity index (χ3n) is 5.08. The summed E-state index contributed by atoms with van der Waals surface area (Å²) in [7, 11) is 0. The molecule has 1 N–H and O–H groups in total. The summed E-state index contributed by atoms with van der Waals surface area (Å²) < 4.78 is 25.4. The molecule has 32 heavy (non-hydrogen) atoms. The zero-order valence-corrected chi connectivity index (χ0v) is 17.6. The van der Waals surface area contributed by atoms with Gasteiger partial charge in [-0.15, -0.1) is 0 Å². The molecule has 0 saturated carbocycles. The van der Waals surface area contributed by atoms with Crippen LogP contribution in [0.3, 0.4) is 0 Å². The maximum absolute atomic E-state index is 13.9. The normalized spacial score (nSPS) is 15.0. The average Bonchev–Trinajstić information content (AvgIpc) is 2.80. The van der Waals surface area contributed by atoms with Gasteiger partial charge in [-0.25, -0.2) is 4.39 Å². The van der Waals surface area contributed by atoms with Crippen LogP contribution >= 0.6 is 0 Å². The molecule has 0 radical (unpaired) electrons. The van der Waals surface area contributed by atoms with Crippen LogP contribution in [0.2, 0.25) is 0 Å². The first-order valence-electron chi connectivity index (χ1n) is 10.4. The number of hydrogen-bond acceptors (Lipinski definition) is 4. The molecule has 0 fully saturated rings. The zero-order chi connectivity index (χ0) is 22.5. The molecule has 1 aliphatic heterocycles. The maximum atomic E-state index is 13.9. The van der Waals surface area contributed by atoms with E-state index in [0.29, 0.717) is 36.7 Å². The summed E-state index contributed by atoms with van der Waals surface area (Å²) in [6, 6.07) is 20.3. The highest BCUT2D eigenvalue weighted by molar-refractivity contribution is 6.05. The fourth-order valence-electron chi connectivity index (χ4n) is 3.49. The Balaban J connectivity index is 1.47. The second-order valence-corrected chi connectivity index (χ2v) is 7.38. The van der Waals surface area contributed by atoms with Crippen LogP contribution in [-0.4, -0.2) is 31.1 Å². The van der Waals surface area contributed by atoms with Gasteiger partial charge in [0, 0.05) is 12.2 Å². The molecule has 0 spiro atoms. The van der Waals surface area contributed by atoms with Crippen molar-refractivity contribution in [2.24, 2.45) is 0 Å². The van der Waals surface area contributed by atoms with Gasteiger partial charge in [-0.05, 0) is 55.8 Å². The van der Waals surface area contributed by atoms with Gasteiger partial charge >= 0.3 is 0 Å². The lowest BCUT2D eigenvalue weighted by molar-refractivity contribution is -0.125. The van der Waals surface area contributed by atoms with Gasteiger partial charge in [0.05, 0.1) is 17.9 Å². The zero-order valence-electron chi connectivity index (χ0n) is 17.6. The third-order valence-corrected chi connectivity index (χ3v) is 5.08. The number of ether oxygens (including phenoxy) is 2. The van der Waals surface area contributed by atoms with Gasteiger partial charge in [0.1, 0.15) is 17.3 Å². The van der Waals surface area contributed by atoms with Gasteiger partial charge in [-0.3, -0.25) is 9.59 Å². The van der Waals surface area contributed by atoms with Crippen LogP contribution in [0.15, 0.2) is 72.8 Å². The number of amides is 2. The fraction of sp³-hybridized carbons (Fsp3) is 0.200. The Kier molecular flexibility index (Phi) is 6.35. The molecule has 0 saturated heterocycles. The first-order valence-corrected chi connectivity index (χ1v) is 10.4. The molecule has 3 aromatic carbocycles. The van der Waals surface area contributed by atoms with Crippen molar-refractivity contribution in [3.05, 3.63) is 84.2 Å². The van der Waals surface area contributed by atoms with Crippen molar-refractivity contribution >= 4 is 23.2 Å². The summed E-state index contributed by atoms with van der Waals surface area (Å²) >= 11 is 0. The third kappa shape index (κ3) is 4.72. The molecular weight excluding hydrogens is 411 g/mol. The van der Waals surface area contributed by atoms with E-state index in [-0.39, 0.29) is 11.5 Å². The van der Waals surface area contributed by atoms with Crippen LogP contribution in [0.25, 0.3) is 0 Å². The van der Waals surface area contributed by atoms with Crippen LogP contribution in [0, 0.1) is 5.82 Å². The first kappa shape index (κ1) is 21.4. The molecule has 0 bridgehead atoms. The number of halogens is 1. The van der Waals surface area contributed by atoms with E-state index >= 15 is 0 Å². The number of fused-ring (bicyclic) bond motifs is 1. The highest BCUT2D eigenvalue weighted by Gasteiger charge is 2.31. The van der Waals surface area contributed by atoms with Crippen LogP contribution < -0.4 is 19.7 Å². The largest absolute Gasteiger partial charge is 0.494 e. The number of hydrogen-bond donors (Lipinski definition) is 1. The Bertz CT molecular complexity index is 1120. The second kappa shape index (κ2) is 9.51. The van der Waals surface area contributed by atoms with Crippen molar-refractivity contribution in [3.63, 3.8) is 0 Å². The molecule has 0 aromatic heterocycles. The standard InChI is InChI=1S/C25H23FN2O4/c1-17-25(30)28(14-7-15-31-19-8-3-2-4-9-19)22-16-18(12-13-23(22)32-17)27-24(29)20-10-5-6-11-21(20)26/h2-6,8-13,16-17H,7,14-15H2,1H3,(H,27,29). The molecule has 1 atom stereocenters. The second-order valence-electron chi connectivity index (χ2n) is 7.38. The topological polar surface area (TPSA) is 67.9 Å². The molecule has 4 rings (SSSR count). The maximum Gasteiger partial charge on any atom is 0.267 e. The average molecular weight is 434 g/mol. The molecule has 1 aliphatic rings. The van der Waals surface area contributed by atoms with E-state index in [4.69, 9.17) is 9.47 Å². The van der Waals surface area contributed by atoms with E-state index < -0.39 is 17.8 Å². The van der Waals surface area contributed by atoms with Crippen molar-refractivity contribution in [1.29, 1.82) is 0 Å². The molecule has 1 heterocycles. The van der Waals surface area contributed by atoms with Crippen LogP contribution in [0.5, 0.6) is 11.5 Å². The van der Waals surface area contributed by atoms with Crippen molar-refractivity contribution in [2.75, 3.05) is 23.4 Å². The summed E-state index contributed by atoms with van der Waals surface area (Å²) in [6.45, 7) is 2.58. The summed E-state index contributed by atoms with van der Waals surface area (Å²) in [6.07, 6.45) is -0.00472. The highest BCUT2D eigenvalue weighted by atomic mass is 19.1. The Labute approximate surface area is 185 Å². The Morgan fingerprint density at radius 3 is 2.62 bits per heavy atom. The quantitative estimate of drug-likeness (QED) is 0.549. The number of benzene rings is 3. The summed E-state index contributed by atoms with van der Waals surface area (Å²) in [5.41, 5.74) is 0.939. The smallest absolute Gasteiger partial charge is 0.267 e. The van der Waals surface area contributed by atoms with Gasteiger partial charge < -0.3 is 19.7 Å². The van der Waals surface area contributed by atoms with E-state index in [1.165, 1.54) is 18.2 Å². The van der Waals surface area contributed by atoms with E-state index in [1.807, 2.05) is 30.3 Å². The lowest BCUT2D eigenvalue weighted by atomic mass is 10.1. The van der Waals surface area contributed by atoms with Gasteiger partial charge in [-0.1, -0.05) is 30.3 Å². The molecule has 164 valence electrons. The number of rotatable bonds is 7. The monoisotopic (exact) mass is 434 g/mol. The minimum atomic E-state index is -0.614. The predicted molar refractivity (Wildman–Crippen MR) is 120 cm³/mol. The number of nitrogens with zero attached hydrogens (tertiary/aromatic N) is 1. The molecular formula is C25H23FN2O4. The van der Waals surface area contributed by atoms with Crippen molar-refractivity contribution in [2.45, 2.75) is 19.4 Å². The minimum absolute atomic E-state index is 0.0545. The van der Waals surface area contributed by atoms with Gasteiger partial charge in [0.2, 0.25) is 0 Å². The molecule has 6 nitrogen and oxygen atoms in total. The summed E-state index contributed by atoms with van der Waals surface area (Å²) in [5.74, 6) is -0.0231. The van der Waals surface area contributed by atoms with Crippen LogP contribution in [-0.2, 0) is 4.79 Å². The highest BCUT2D eigenvalue weighted by Crippen LogP contribution is 2.36. The van der Waals surface area contributed by atoms with E-state index in [9.17, 15) is 14.0 Å². The van der Waals surface area contributed by atoms with Crippen molar-refractivity contribution in [1.82, 2.24) is 0 Å². The minimum Gasteiger partial charge on any atom is -0.494 e. The molecule has 7 heteroatoms. The molecule has 1 unspecified atom stereocenters. The lowest BCUT2D eigenvalue weighted by Crippen LogP contribution is -2.45. The molecule has 0 aliphatic carbocycles. The van der Waals surface area contributed by atoms with Gasteiger partial charge in [-0.2, -0.15) is 0 Å². The Morgan fingerprint density at radius 2 is 1.84 bits per heavy atom. The molecule has 2 amide bonds. The van der Waals surface area contributed by atoms with Gasteiger partial charge in [0.25, 0.3) is 11.8 Å². The van der Waals surface area contributed by atoms with Crippen LogP contribution in [0.1, 0.15) is 23.7 Å². The lowest BCUT2D eigenvalue weighted by Gasteiger charge is -2.33. The number of nitrogens with one attached hydrogen (secondary N) is 1.